The zero-order chi connectivity index (χ0) is 15.1. The van der Waals surface area contributed by atoms with Crippen LogP contribution in [0.4, 0.5) is 11.6 Å². The van der Waals surface area contributed by atoms with Gasteiger partial charge in [-0.1, -0.05) is 34.6 Å². The van der Waals surface area contributed by atoms with Gasteiger partial charge in [-0.3, -0.25) is 0 Å². The molecule has 0 spiro atoms. The van der Waals surface area contributed by atoms with Crippen molar-refractivity contribution in [2.75, 3.05) is 23.7 Å². The molecule has 1 heterocycles. The monoisotopic (exact) mass is 278 g/mol. The average Bonchev–Trinajstić information content (AvgIpc) is 2.38. The van der Waals surface area contributed by atoms with E-state index in [1.807, 2.05) is 0 Å². The molecule has 0 atom stereocenters. The molecular formula is C16H30N4. The highest BCUT2D eigenvalue weighted by molar-refractivity contribution is 5.57. The quantitative estimate of drug-likeness (QED) is 0.759. The Labute approximate surface area is 123 Å². The minimum atomic E-state index is 0.650. The van der Waals surface area contributed by atoms with Crippen molar-refractivity contribution >= 4 is 11.6 Å². The highest BCUT2D eigenvalue weighted by atomic mass is 15.1. The number of nitrogens with one attached hydrogen (secondary N) is 2. The number of hydrogen-bond donors (Lipinski definition) is 2. The molecule has 2 N–H and O–H groups in total. The fourth-order valence-corrected chi connectivity index (χ4v) is 2.68. The zero-order valence-corrected chi connectivity index (χ0v) is 13.8. The highest BCUT2D eigenvalue weighted by Crippen LogP contribution is 2.24. The second-order valence-corrected chi connectivity index (χ2v) is 5.97. The topological polar surface area (TPSA) is 49.8 Å². The predicted octanol–water partition coefficient (Wildman–Crippen LogP) is 3.81. The van der Waals surface area contributed by atoms with Gasteiger partial charge >= 0.3 is 0 Å². The fraction of sp³-hybridized carbons (Fsp3) is 0.750. The molecule has 0 aliphatic rings. The van der Waals surface area contributed by atoms with Crippen LogP contribution in [0.3, 0.4) is 0 Å². The largest absolute Gasteiger partial charge is 0.370 e. The molecule has 0 saturated heterocycles. The molecule has 0 bridgehead atoms. The molecule has 4 heteroatoms. The molecule has 114 valence electrons. The van der Waals surface area contributed by atoms with Crippen LogP contribution in [0.25, 0.3) is 0 Å². The molecule has 0 amide bonds. The second-order valence-electron chi connectivity index (χ2n) is 5.97. The first-order valence-electron chi connectivity index (χ1n) is 7.82. The van der Waals surface area contributed by atoms with E-state index in [0.717, 1.165) is 31.1 Å². The summed E-state index contributed by atoms with van der Waals surface area (Å²) in [6.45, 7) is 15.2. The van der Waals surface area contributed by atoms with Gasteiger partial charge in [-0.05, 0) is 31.1 Å². The average molecular weight is 278 g/mol. The summed E-state index contributed by atoms with van der Waals surface area (Å²) in [5.74, 6) is 3.92. The molecule has 0 fully saturated rings. The first-order chi connectivity index (χ1) is 9.51. The summed E-state index contributed by atoms with van der Waals surface area (Å²) in [6, 6.07) is 0. The van der Waals surface area contributed by atoms with Crippen LogP contribution in [0.2, 0.25) is 0 Å². The van der Waals surface area contributed by atoms with Crippen molar-refractivity contribution in [2.45, 2.75) is 48.0 Å². The van der Waals surface area contributed by atoms with E-state index in [9.17, 15) is 0 Å². The van der Waals surface area contributed by atoms with Crippen molar-refractivity contribution < 1.29 is 0 Å². The lowest BCUT2D eigenvalue weighted by Crippen LogP contribution is -2.25. The van der Waals surface area contributed by atoms with Crippen molar-refractivity contribution in [1.82, 2.24) is 9.97 Å². The molecule has 0 aliphatic heterocycles. The van der Waals surface area contributed by atoms with E-state index in [0.29, 0.717) is 17.8 Å². The van der Waals surface area contributed by atoms with Crippen molar-refractivity contribution in [3.8, 4) is 0 Å². The minimum Gasteiger partial charge on any atom is -0.370 e. The first-order valence-corrected chi connectivity index (χ1v) is 7.82. The molecule has 1 aromatic rings. The Morgan fingerprint density at radius 3 is 1.95 bits per heavy atom. The maximum absolute atomic E-state index is 4.42. The van der Waals surface area contributed by atoms with Crippen LogP contribution in [0, 0.1) is 17.8 Å². The molecule has 0 aromatic carbocycles. The van der Waals surface area contributed by atoms with Gasteiger partial charge in [-0.15, -0.1) is 0 Å². The summed E-state index contributed by atoms with van der Waals surface area (Å²) in [6.07, 6.45) is 2.57. The Bertz CT molecular complexity index is 393. The van der Waals surface area contributed by atoms with Gasteiger partial charge in [-0.25, -0.2) is 9.97 Å². The first kappa shape index (κ1) is 16.7. The Morgan fingerprint density at radius 1 is 0.950 bits per heavy atom. The van der Waals surface area contributed by atoms with Crippen LogP contribution in [-0.4, -0.2) is 23.1 Å². The Kier molecular flexibility index (Phi) is 6.76. The summed E-state index contributed by atoms with van der Waals surface area (Å²) in [4.78, 5) is 8.76. The van der Waals surface area contributed by atoms with Crippen molar-refractivity contribution in [1.29, 1.82) is 0 Å². The maximum atomic E-state index is 4.42. The minimum absolute atomic E-state index is 0.650. The lowest BCUT2D eigenvalue weighted by atomic mass is 9.85. The number of hydrogen-bond acceptors (Lipinski definition) is 4. The summed E-state index contributed by atoms with van der Waals surface area (Å²) in [5, 5.41) is 6.84. The van der Waals surface area contributed by atoms with Gasteiger partial charge in [0.25, 0.3) is 0 Å². The molecule has 1 aromatic heterocycles. The van der Waals surface area contributed by atoms with E-state index in [-0.39, 0.29) is 0 Å². The third kappa shape index (κ3) is 4.36. The summed E-state index contributed by atoms with van der Waals surface area (Å²) >= 11 is 0. The van der Waals surface area contributed by atoms with Crippen molar-refractivity contribution in [2.24, 2.45) is 17.8 Å². The van der Waals surface area contributed by atoms with Gasteiger partial charge in [0.15, 0.2) is 0 Å². The second kappa shape index (κ2) is 8.08. The smallest absolute Gasteiger partial charge is 0.134 e. The maximum Gasteiger partial charge on any atom is 0.134 e. The Hall–Kier alpha value is -1.32. The van der Waals surface area contributed by atoms with Crippen molar-refractivity contribution in [3.05, 3.63) is 11.9 Å². The molecule has 0 unspecified atom stereocenters. The van der Waals surface area contributed by atoms with Crippen LogP contribution < -0.4 is 10.6 Å². The van der Waals surface area contributed by atoms with Crippen LogP contribution in [0.5, 0.6) is 0 Å². The molecule has 4 nitrogen and oxygen atoms in total. The summed E-state index contributed by atoms with van der Waals surface area (Å²) in [7, 11) is 0. The summed E-state index contributed by atoms with van der Waals surface area (Å²) < 4.78 is 0. The lowest BCUT2D eigenvalue weighted by molar-refractivity contribution is 0.304. The van der Waals surface area contributed by atoms with Gasteiger partial charge < -0.3 is 10.6 Å². The normalized spacial score (nSPS) is 11.4. The third-order valence-electron chi connectivity index (χ3n) is 3.86. The van der Waals surface area contributed by atoms with E-state index < -0.39 is 0 Å². The zero-order valence-electron chi connectivity index (χ0n) is 13.8. The molecular weight excluding hydrogens is 248 g/mol. The SMILES string of the molecule is CCNc1ncnc(NCC(C(C)C)C(C)C)c1CC. The molecule has 1 rings (SSSR count). The van der Waals surface area contributed by atoms with E-state index >= 15 is 0 Å². The summed E-state index contributed by atoms with van der Waals surface area (Å²) in [5.41, 5.74) is 1.18. The lowest BCUT2D eigenvalue weighted by Gasteiger charge is -2.26. The molecule has 20 heavy (non-hydrogen) atoms. The van der Waals surface area contributed by atoms with E-state index in [4.69, 9.17) is 0 Å². The third-order valence-corrected chi connectivity index (χ3v) is 3.86. The van der Waals surface area contributed by atoms with Crippen LogP contribution >= 0.6 is 0 Å². The highest BCUT2D eigenvalue weighted by Gasteiger charge is 2.18. The number of nitrogens with zero attached hydrogens (tertiary/aromatic N) is 2. The van der Waals surface area contributed by atoms with Gasteiger partial charge in [-0.2, -0.15) is 0 Å². The van der Waals surface area contributed by atoms with Gasteiger partial charge in [0.05, 0.1) is 0 Å². The van der Waals surface area contributed by atoms with Crippen LogP contribution in [0.1, 0.15) is 47.1 Å². The fourth-order valence-electron chi connectivity index (χ4n) is 2.68. The molecule has 0 aliphatic carbocycles. The van der Waals surface area contributed by atoms with Gasteiger partial charge in [0.1, 0.15) is 18.0 Å². The number of anilines is 2. The van der Waals surface area contributed by atoms with Crippen LogP contribution in [0.15, 0.2) is 6.33 Å². The number of rotatable bonds is 8. The Morgan fingerprint density at radius 2 is 1.50 bits per heavy atom. The molecule has 0 radical (unpaired) electrons. The van der Waals surface area contributed by atoms with Crippen molar-refractivity contribution in [3.63, 3.8) is 0 Å². The van der Waals surface area contributed by atoms with E-state index in [1.165, 1.54) is 5.56 Å². The predicted molar refractivity (Wildman–Crippen MR) is 87.2 cm³/mol. The molecule has 0 saturated carbocycles. The Balaban J connectivity index is 2.84. The van der Waals surface area contributed by atoms with E-state index in [2.05, 4.69) is 62.1 Å². The van der Waals surface area contributed by atoms with Gasteiger partial charge in [0, 0.05) is 18.7 Å². The van der Waals surface area contributed by atoms with Crippen LogP contribution in [-0.2, 0) is 6.42 Å². The number of aromatic nitrogens is 2. The standard InChI is InChI=1S/C16H30N4/c1-7-13-15(17-8-2)19-10-20-16(13)18-9-14(11(3)4)12(5)6/h10-12,14H,7-9H2,1-6H3,(H2,17,18,19,20). The van der Waals surface area contributed by atoms with E-state index in [1.54, 1.807) is 6.33 Å². The van der Waals surface area contributed by atoms with Gasteiger partial charge in [0.2, 0.25) is 0 Å².